The summed E-state index contributed by atoms with van der Waals surface area (Å²) in [5.41, 5.74) is 2.38. The lowest BCUT2D eigenvalue weighted by molar-refractivity contribution is 0.0936. The first-order valence-corrected chi connectivity index (χ1v) is 13.2. The van der Waals surface area contributed by atoms with Crippen molar-refractivity contribution >= 4 is 44.8 Å². The van der Waals surface area contributed by atoms with E-state index in [9.17, 15) is 18.3 Å². The molecule has 1 aromatic carbocycles. The van der Waals surface area contributed by atoms with Crippen LogP contribution in [0.3, 0.4) is 0 Å². The smallest absolute Gasteiger partial charge is 0.333 e. The molecular weight excluding hydrogens is 500 g/mol. The number of benzene rings is 1. The van der Waals surface area contributed by atoms with Crippen molar-refractivity contribution in [3.8, 4) is 0 Å². The Hall–Kier alpha value is -2.41. The highest BCUT2D eigenvalue weighted by Gasteiger charge is 2.36. The van der Waals surface area contributed by atoms with E-state index in [4.69, 9.17) is 16.7 Å². The van der Waals surface area contributed by atoms with Crippen molar-refractivity contribution in [2.75, 3.05) is 11.9 Å². The number of carbonyl (C=O) groups excluding carboxylic acids is 1. The maximum absolute atomic E-state index is 13.2. The number of nitrogens with one attached hydrogen (secondary N) is 1. The van der Waals surface area contributed by atoms with Gasteiger partial charge in [-0.15, -0.1) is 11.3 Å². The van der Waals surface area contributed by atoms with E-state index >= 15 is 0 Å². The summed E-state index contributed by atoms with van der Waals surface area (Å²) in [5.74, 6) is -0.327. The van der Waals surface area contributed by atoms with Crippen molar-refractivity contribution in [2.45, 2.75) is 31.4 Å². The van der Waals surface area contributed by atoms with Gasteiger partial charge in [0, 0.05) is 17.1 Å². The van der Waals surface area contributed by atoms with Crippen molar-refractivity contribution in [3.05, 3.63) is 74.8 Å². The Balaban J connectivity index is 1.45. The van der Waals surface area contributed by atoms with Crippen LogP contribution in [-0.2, 0) is 20.9 Å². The summed E-state index contributed by atoms with van der Waals surface area (Å²) in [6.45, 7) is -0.209. The summed E-state index contributed by atoms with van der Waals surface area (Å²) in [5, 5.41) is 21.2. The highest BCUT2D eigenvalue weighted by atomic mass is 35.5. The fourth-order valence-corrected chi connectivity index (χ4v) is 5.29. The molecule has 2 aromatic heterocycles. The topological polar surface area (TPSA) is 144 Å². The SMILES string of the molecule is NS(=O)(=O)OC[C@H]1CCC(Nc2ncncc2C(=O)c2cc(Cc3ccc(Cl)cc3)cs2)[C@@H]1O. The summed E-state index contributed by atoms with van der Waals surface area (Å²) >= 11 is 7.29. The van der Waals surface area contributed by atoms with Crippen LogP contribution in [0.4, 0.5) is 5.82 Å². The molecule has 1 unspecified atom stereocenters. The molecule has 0 spiro atoms. The highest BCUT2D eigenvalue weighted by Crippen LogP contribution is 2.30. The Bertz CT molecular complexity index is 1270. The first-order chi connectivity index (χ1) is 16.2. The number of nitrogens with zero attached hydrogens (tertiary/aromatic N) is 2. The fourth-order valence-electron chi connectivity index (χ4n) is 3.93. The van der Waals surface area contributed by atoms with E-state index in [1.165, 1.54) is 23.9 Å². The minimum atomic E-state index is -4.08. The molecule has 2 heterocycles. The Morgan fingerprint density at radius 2 is 2.03 bits per heavy atom. The number of nitrogens with two attached hydrogens (primary N) is 1. The third-order valence-corrected chi connectivity index (χ3v) is 7.36. The number of ketones is 1. The van der Waals surface area contributed by atoms with Gasteiger partial charge in [-0.25, -0.2) is 15.1 Å². The molecule has 0 bridgehead atoms. The van der Waals surface area contributed by atoms with Crippen LogP contribution in [0.2, 0.25) is 5.02 Å². The summed E-state index contributed by atoms with van der Waals surface area (Å²) < 4.78 is 26.7. The van der Waals surface area contributed by atoms with Gasteiger partial charge in [0.2, 0.25) is 5.78 Å². The first kappa shape index (κ1) is 24.7. The number of hydrogen-bond acceptors (Lipinski definition) is 9. The number of thiophene rings is 1. The molecule has 0 saturated heterocycles. The van der Waals surface area contributed by atoms with Gasteiger partial charge in [0.05, 0.1) is 29.2 Å². The molecule has 34 heavy (non-hydrogen) atoms. The Morgan fingerprint density at radius 1 is 1.26 bits per heavy atom. The highest BCUT2D eigenvalue weighted by molar-refractivity contribution is 7.84. The normalized spacial score (nSPS) is 20.4. The fraction of sp³-hybridized carbons (Fsp3) is 0.318. The zero-order valence-corrected chi connectivity index (χ0v) is 20.3. The standard InChI is InChI=1S/C22H23ClN4O5S2/c23-16-4-1-13(2-5-16)7-14-8-19(33-11-14)21(29)17-9-25-12-26-22(17)27-18-6-3-15(20(18)28)10-32-34(24,30)31/h1-2,4-5,8-9,11-12,15,18,20,28H,3,6-7,10H2,(H2,24,30,31)(H,25,26,27)/t15-,18?,20-/m1/s1. The summed E-state index contributed by atoms with van der Waals surface area (Å²) in [7, 11) is -4.08. The number of rotatable bonds is 9. The number of halogens is 1. The monoisotopic (exact) mass is 522 g/mol. The maximum atomic E-state index is 13.2. The van der Waals surface area contributed by atoms with Crippen LogP contribution in [-0.4, -0.2) is 48.0 Å². The zero-order valence-electron chi connectivity index (χ0n) is 17.9. The lowest BCUT2D eigenvalue weighted by Crippen LogP contribution is -2.35. The number of carbonyl (C=O) groups is 1. The average Bonchev–Trinajstić information content (AvgIpc) is 3.40. The second kappa shape index (κ2) is 10.5. The van der Waals surface area contributed by atoms with Gasteiger partial charge in [-0.05, 0) is 54.0 Å². The second-order valence-corrected chi connectivity index (χ2v) is 10.7. The van der Waals surface area contributed by atoms with Gasteiger partial charge in [-0.2, -0.15) is 8.42 Å². The number of aliphatic hydroxyl groups is 1. The molecule has 3 atom stereocenters. The molecule has 1 aliphatic carbocycles. The van der Waals surface area contributed by atoms with Crippen LogP contribution in [0, 0.1) is 5.92 Å². The van der Waals surface area contributed by atoms with Crippen molar-refractivity contribution in [1.29, 1.82) is 0 Å². The Labute approximate surface area is 206 Å². The lowest BCUT2D eigenvalue weighted by Gasteiger charge is -2.21. The van der Waals surface area contributed by atoms with E-state index in [1.54, 1.807) is 0 Å². The van der Waals surface area contributed by atoms with Crippen molar-refractivity contribution in [1.82, 2.24) is 9.97 Å². The van der Waals surface area contributed by atoms with Gasteiger partial charge in [0.1, 0.15) is 12.1 Å². The van der Waals surface area contributed by atoms with Gasteiger partial charge >= 0.3 is 10.3 Å². The molecule has 4 rings (SSSR count). The van der Waals surface area contributed by atoms with E-state index in [0.717, 1.165) is 11.1 Å². The number of hydrogen-bond donors (Lipinski definition) is 3. The van der Waals surface area contributed by atoms with E-state index in [2.05, 4.69) is 19.5 Å². The van der Waals surface area contributed by atoms with E-state index in [-0.39, 0.29) is 12.4 Å². The Morgan fingerprint density at radius 3 is 2.76 bits per heavy atom. The van der Waals surface area contributed by atoms with Gasteiger partial charge in [0.15, 0.2) is 0 Å². The molecule has 3 aromatic rings. The molecular formula is C22H23ClN4O5S2. The third kappa shape index (κ3) is 6.17. The summed E-state index contributed by atoms with van der Waals surface area (Å²) in [6.07, 6.45) is 3.62. The predicted octanol–water partition coefficient (Wildman–Crippen LogP) is 2.78. The van der Waals surface area contributed by atoms with Gasteiger partial charge in [-0.1, -0.05) is 23.7 Å². The number of aliphatic hydroxyl groups excluding tert-OH is 1. The predicted molar refractivity (Wildman–Crippen MR) is 129 cm³/mol. The molecule has 0 radical (unpaired) electrons. The van der Waals surface area contributed by atoms with Crippen LogP contribution < -0.4 is 10.5 Å². The average molecular weight is 523 g/mol. The first-order valence-electron chi connectivity index (χ1n) is 10.5. The van der Waals surface area contributed by atoms with Crippen molar-refractivity contribution < 1.29 is 22.5 Å². The number of aromatic nitrogens is 2. The minimum absolute atomic E-state index is 0.209. The molecule has 0 amide bonds. The molecule has 0 aliphatic heterocycles. The van der Waals surface area contributed by atoms with Gasteiger partial charge in [-0.3, -0.25) is 8.98 Å². The minimum Gasteiger partial charge on any atom is -0.391 e. The van der Waals surface area contributed by atoms with E-state index in [1.807, 2.05) is 35.7 Å². The van der Waals surface area contributed by atoms with Crippen LogP contribution in [0.15, 0.2) is 48.2 Å². The zero-order chi connectivity index (χ0) is 24.3. The lowest BCUT2D eigenvalue weighted by atomic mass is 10.1. The molecule has 1 saturated carbocycles. The van der Waals surface area contributed by atoms with Gasteiger partial charge < -0.3 is 10.4 Å². The molecule has 1 aliphatic rings. The van der Waals surface area contributed by atoms with Crippen LogP contribution >= 0.6 is 22.9 Å². The molecule has 180 valence electrons. The molecule has 12 heteroatoms. The quantitative estimate of drug-likeness (QED) is 0.364. The summed E-state index contributed by atoms with van der Waals surface area (Å²) in [6, 6.07) is 8.98. The maximum Gasteiger partial charge on any atom is 0.333 e. The van der Waals surface area contributed by atoms with Crippen molar-refractivity contribution in [2.24, 2.45) is 11.1 Å². The molecule has 4 N–H and O–H groups in total. The summed E-state index contributed by atoms with van der Waals surface area (Å²) in [4.78, 5) is 22.0. The number of anilines is 1. The Kier molecular flexibility index (Phi) is 7.60. The van der Waals surface area contributed by atoms with Crippen LogP contribution in [0.5, 0.6) is 0 Å². The largest absolute Gasteiger partial charge is 0.391 e. The van der Waals surface area contributed by atoms with Crippen LogP contribution in [0.1, 0.15) is 39.2 Å². The van der Waals surface area contributed by atoms with E-state index < -0.39 is 28.4 Å². The van der Waals surface area contributed by atoms with Crippen LogP contribution in [0.25, 0.3) is 0 Å². The van der Waals surface area contributed by atoms with Crippen molar-refractivity contribution in [3.63, 3.8) is 0 Å². The third-order valence-electron chi connectivity index (χ3n) is 5.67. The molecule has 1 fully saturated rings. The van der Waals surface area contributed by atoms with Gasteiger partial charge in [0.25, 0.3) is 0 Å². The second-order valence-electron chi connectivity index (χ2n) is 8.09. The molecule has 9 nitrogen and oxygen atoms in total. The van der Waals surface area contributed by atoms with E-state index in [0.29, 0.717) is 40.5 Å².